The zero-order valence-corrected chi connectivity index (χ0v) is 23.9. The molecule has 2 aliphatic rings. The van der Waals surface area contributed by atoms with Gasteiger partial charge < -0.3 is 24.8 Å². The Morgan fingerprint density at radius 2 is 1.27 bits per heavy atom. The summed E-state index contributed by atoms with van der Waals surface area (Å²) < 4.78 is 4.38. The fraction of sp³-hybridized carbons (Fsp3) is 0.370. The molecule has 30 heavy (non-hydrogen) atoms. The molecule has 0 heterocycles. The van der Waals surface area contributed by atoms with Crippen LogP contribution in [0.3, 0.4) is 0 Å². The number of hydrogen-bond acceptors (Lipinski definition) is 0. The molecule has 0 N–H and O–H groups in total. The molecular weight excluding hydrogens is 574 g/mol. The van der Waals surface area contributed by atoms with E-state index in [9.17, 15) is 0 Å². The van der Waals surface area contributed by atoms with Gasteiger partial charge in [-0.15, -0.1) is 0 Å². The van der Waals surface area contributed by atoms with Crippen LogP contribution in [-0.2, 0) is 21.0 Å². The summed E-state index contributed by atoms with van der Waals surface area (Å²) in [4.78, 5) is 0. The van der Waals surface area contributed by atoms with Gasteiger partial charge in [0, 0.05) is 0 Å². The second-order valence-electron chi connectivity index (χ2n) is 9.03. The van der Waals surface area contributed by atoms with Crippen LogP contribution in [-0.4, -0.2) is 3.26 Å². The summed E-state index contributed by atoms with van der Waals surface area (Å²) in [7, 11) is 0. The molecule has 0 bridgehead atoms. The molecule has 2 aromatic carbocycles. The first kappa shape index (κ1) is 25.5. The molecule has 1 atom stereocenters. The minimum atomic E-state index is -2.43. The maximum Gasteiger partial charge on any atom is -1.00 e. The van der Waals surface area contributed by atoms with Gasteiger partial charge in [-0.25, -0.2) is 0 Å². The van der Waals surface area contributed by atoms with Gasteiger partial charge in [0.15, 0.2) is 0 Å². The van der Waals surface area contributed by atoms with Crippen LogP contribution in [0.4, 0.5) is 0 Å². The first-order chi connectivity index (χ1) is 13.4. The number of fused-ring (bicyclic) bond motifs is 3. The number of allylic oxidation sites excluding steroid dienone is 4. The van der Waals surface area contributed by atoms with E-state index in [1.165, 1.54) is 11.1 Å². The van der Waals surface area contributed by atoms with Crippen molar-refractivity contribution in [2.75, 3.05) is 0 Å². The third kappa shape index (κ3) is 4.27. The van der Waals surface area contributed by atoms with E-state index >= 15 is 0 Å². The smallest absolute Gasteiger partial charge is 1.00 e. The van der Waals surface area contributed by atoms with Crippen LogP contribution in [0, 0.1) is 17.8 Å². The molecule has 0 saturated heterocycles. The van der Waals surface area contributed by atoms with E-state index in [2.05, 4.69) is 102 Å². The molecule has 0 amide bonds. The summed E-state index contributed by atoms with van der Waals surface area (Å²) in [6, 6.07) is 18.5. The van der Waals surface area contributed by atoms with Crippen molar-refractivity contribution in [3.63, 3.8) is 0 Å². The number of rotatable bonds is 4. The average Bonchev–Trinajstić information content (AvgIpc) is 3.16. The van der Waals surface area contributed by atoms with Crippen molar-refractivity contribution < 1.29 is 45.8 Å². The molecule has 4 rings (SSSR count). The van der Waals surface area contributed by atoms with E-state index in [1.807, 2.05) is 6.58 Å². The number of halogens is 2. The molecule has 2 aromatic rings. The maximum atomic E-state index is 2.44. The molecule has 0 fully saturated rings. The fourth-order valence-corrected chi connectivity index (χ4v) is 21.4. The molecule has 0 nitrogen and oxygen atoms in total. The van der Waals surface area contributed by atoms with Gasteiger partial charge in [-0.1, -0.05) is 0 Å². The van der Waals surface area contributed by atoms with Crippen LogP contribution in [0.1, 0.15) is 56.3 Å². The Balaban J connectivity index is 0.00000160. The first-order valence-electron chi connectivity index (χ1n) is 10.7. The van der Waals surface area contributed by atoms with Crippen molar-refractivity contribution in [1.29, 1.82) is 0 Å². The largest absolute Gasteiger partial charge is 1.00 e. The van der Waals surface area contributed by atoms with Crippen LogP contribution in [0.25, 0.3) is 11.1 Å². The van der Waals surface area contributed by atoms with Crippen molar-refractivity contribution in [3.05, 3.63) is 80.7 Å². The van der Waals surface area contributed by atoms with Gasteiger partial charge in [0.25, 0.3) is 0 Å². The van der Waals surface area contributed by atoms with Gasteiger partial charge >= 0.3 is 179 Å². The number of hydrogen-bond donors (Lipinski definition) is 0. The molecular formula is C27H32Cl2Hf. The van der Waals surface area contributed by atoms with Crippen molar-refractivity contribution >= 4 is 3.26 Å². The summed E-state index contributed by atoms with van der Waals surface area (Å²) in [5, 5.41) is 0. The van der Waals surface area contributed by atoms with Crippen LogP contribution in [0.15, 0.2) is 69.6 Å². The normalized spacial score (nSPS) is 16.7. The zero-order chi connectivity index (χ0) is 20.0. The van der Waals surface area contributed by atoms with Crippen LogP contribution in [0.2, 0.25) is 0 Å². The van der Waals surface area contributed by atoms with Gasteiger partial charge in [-0.05, 0) is 0 Å². The third-order valence-electron chi connectivity index (χ3n) is 6.48. The van der Waals surface area contributed by atoms with E-state index in [0.717, 1.165) is 0 Å². The Bertz CT molecular complexity index is 956. The maximum absolute atomic E-state index is 2.44. The molecule has 158 valence electrons. The fourth-order valence-electron chi connectivity index (χ4n) is 5.52. The van der Waals surface area contributed by atoms with E-state index in [1.54, 1.807) is 16.7 Å². The molecule has 0 spiro atoms. The van der Waals surface area contributed by atoms with Crippen LogP contribution < -0.4 is 24.8 Å². The molecule has 2 aliphatic carbocycles. The van der Waals surface area contributed by atoms with Gasteiger partial charge in [0.2, 0.25) is 0 Å². The Morgan fingerprint density at radius 3 is 1.67 bits per heavy atom. The predicted octanol–water partition coefficient (Wildman–Crippen LogP) is 1.35. The third-order valence-corrected chi connectivity index (χ3v) is 22.3. The minimum Gasteiger partial charge on any atom is -1.00 e. The minimum absolute atomic E-state index is 0. The summed E-state index contributed by atoms with van der Waals surface area (Å²) in [5.74, 6) is 1.93. The Morgan fingerprint density at radius 1 is 0.800 bits per heavy atom. The second kappa shape index (κ2) is 10.2. The molecule has 0 aliphatic heterocycles. The van der Waals surface area contributed by atoms with Gasteiger partial charge in [-0.2, -0.15) is 0 Å². The van der Waals surface area contributed by atoms with E-state index in [0.29, 0.717) is 21.4 Å². The SMILES string of the molecule is CC1=[C]([Hf+2](=[C](C(C)C)C(C)C)[CH]2c3ccccc3-c3ccccc32)C(C)C=C1.[Cl-].[Cl-]. The van der Waals surface area contributed by atoms with E-state index in [4.69, 9.17) is 0 Å². The summed E-state index contributed by atoms with van der Waals surface area (Å²) in [6.07, 6.45) is 4.84. The van der Waals surface area contributed by atoms with Crippen LogP contribution >= 0.6 is 0 Å². The van der Waals surface area contributed by atoms with Crippen molar-refractivity contribution in [3.8, 4) is 11.1 Å². The Kier molecular flexibility index (Phi) is 8.70. The molecule has 1 unspecified atom stereocenters. The van der Waals surface area contributed by atoms with Gasteiger partial charge in [0.05, 0.1) is 0 Å². The summed E-state index contributed by atoms with van der Waals surface area (Å²) in [5.41, 5.74) is 7.73. The second-order valence-corrected chi connectivity index (χ2v) is 18.1. The Hall–Kier alpha value is -0.760. The van der Waals surface area contributed by atoms with Crippen molar-refractivity contribution in [2.24, 2.45) is 17.8 Å². The summed E-state index contributed by atoms with van der Waals surface area (Å²) >= 11 is -2.43. The van der Waals surface area contributed by atoms with Crippen molar-refractivity contribution in [2.45, 2.75) is 45.2 Å². The topological polar surface area (TPSA) is 0 Å². The van der Waals surface area contributed by atoms with Gasteiger partial charge in [-0.3, -0.25) is 0 Å². The molecule has 3 heteroatoms. The Labute approximate surface area is 202 Å². The number of benzene rings is 2. The molecule has 0 aromatic heterocycles. The average molecular weight is 606 g/mol. The standard InChI is InChI=1S/C13H9.C7H9.C7H14.2ClH.Hf/c1-3-7-12-10(5-1)9-11-6-2-4-8-13(11)12;1-6-3-4-7(2)5-6;1-6(2)5-7(3)4;;;/h1-9H;3-4,6H,1-2H3;6-7H,1-4H3;2*1H;/q;;;;;+2/p-2. The van der Waals surface area contributed by atoms with E-state index < -0.39 is 21.0 Å². The predicted molar refractivity (Wildman–Crippen MR) is 119 cm³/mol. The quantitative estimate of drug-likeness (QED) is 0.462. The van der Waals surface area contributed by atoms with Crippen LogP contribution in [0.5, 0.6) is 0 Å². The van der Waals surface area contributed by atoms with E-state index in [-0.39, 0.29) is 24.8 Å². The molecule has 0 radical (unpaired) electrons. The van der Waals surface area contributed by atoms with Gasteiger partial charge in [0.1, 0.15) is 0 Å². The monoisotopic (exact) mass is 606 g/mol. The first-order valence-corrected chi connectivity index (χ1v) is 16.4. The van der Waals surface area contributed by atoms with Crippen molar-refractivity contribution in [1.82, 2.24) is 0 Å². The zero-order valence-electron chi connectivity index (χ0n) is 18.8. The molecule has 0 saturated carbocycles. The summed E-state index contributed by atoms with van der Waals surface area (Å²) in [6.45, 7) is 14.6.